The molecule has 2 atom stereocenters. The lowest BCUT2D eigenvalue weighted by Crippen LogP contribution is -2.26. The molecule has 0 spiro atoms. The van der Waals surface area contributed by atoms with E-state index in [9.17, 15) is 9.90 Å². The lowest BCUT2D eigenvalue weighted by atomic mass is 10.1. The van der Waals surface area contributed by atoms with Crippen molar-refractivity contribution >= 4 is 34.2 Å². The molecule has 0 bridgehead atoms. The second kappa shape index (κ2) is 9.72. The van der Waals surface area contributed by atoms with Crippen molar-refractivity contribution in [2.45, 2.75) is 38.8 Å². The Morgan fingerprint density at radius 3 is 2.74 bits per heavy atom. The molecule has 2 heterocycles. The topological polar surface area (TPSA) is 67.6 Å². The largest absolute Gasteiger partial charge is 0.491 e. The Morgan fingerprint density at radius 2 is 1.94 bits per heavy atom. The highest BCUT2D eigenvalue weighted by Gasteiger charge is 2.35. The molecule has 7 heteroatoms. The summed E-state index contributed by atoms with van der Waals surface area (Å²) in [6.45, 7) is 4.94. The third kappa shape index (κ3) is 4.90. The molecule has 5 rings (SSSR count). The van der Waals surface area contributed by atoms with Crippen LogP contribution < -0.4 is 9.64 Å². The number of aromatic nitrogens is 2. The molecule has 6 nitrogen and oxygen atoms in total. The standard InChI is InChI=1S/C28H28ClN3O3/c1-18-6-5-7-21(12-18)31-15-20(14-27(31)34)28-30-25-8-3-4-9-26(25)32(28)16-22(33)17-35-23-10-11-24(29)19(2)13-23/h3-13,20,22,33H,14-17H2,1-2H3/t20-,22-/m0/s1. The number of benzene rings is 3. The first-order chi connectivity index (χ1) is 16.9. The fourth-order valence-corrected chi connectivity index (χ4v) is 4.80. The third-order valence-electron chi connectivity index (χ3n) is 6.45. The van der Waals surface area contributed by atoms with E-state index in [2.05, 4.69) is 0 Å². The maximum absolute atomic E-state index is 12.9. The van der Waals surface area contributed by atoms with Gasteiger partial charge in [0.15, 0.2) is 0 Å². The fourth-order valence-electron chi connectivity index (χ4n) is 4.69. The molecule has 3 aromatic carbocycles. The van der Waals surface area contributed by atoms with Crippen LogP contribution in [-0.4, -0.2) is 39.8 Å². The minimum atomic E-state index is -0.757. The zero-order chi connectivity index (χ0) is 24.5. The monoisotopic (exact) mass is 489 g/mol. The first kappa shape index (κ1) is 23.4. The van der Waals surface area contributed by atoms with Crippen molar-refractivity contribution < 1.29 is 14.6 Å². The van der Waals surface area contributed by atoms with E-state index in [-0.39, 0.29) is 18.4 Å². The van der Waals surface area contributed by atoms with Crippen LogP contribution >= 0.6 is 11.6 Å². The smallest absolute Gasteiger partial charge is 0.227 e. The summed E-state index contributed by atoms with van der Waals surface area (Å²) in [6, 6.07) is 21.3. The second-order valence-electron chi connectivity index (χ2n) is 9.19. The quantitative estimate of drug-likeness (QED) is 0.384. The van der Waals surface area contributed by atoms with Gasteiger partial charge in [-0.05, 0) is 67.4 Å². The minimum Gasteiger partial charge on any atom is -0.491 e. The Labute approximate surface area is 209 Å². The number of aliphatic hydroxyl groups excluding tert-OH is 1. The number of amides is 1. The van der Waals surface area contributed by atoms with Crippen LogP contribution in [0.15, 0.2) is 66.7 Å². The van der Waals surface area contributed by atoms with Crippen molar-refractivity contribution in [1.29, 1.82) is 0 Å². The summed E-state index contributed by atoms with van der Waals surface area (Å²) in [5.41, 5.74) is 4.73. The van der Waals surface area contributed by atoms with E-state index in [1.807, 2.05) is 77.9 Å². The van der Waals surface area contributed by atoms with Gasteiger partial charge in [0.05, 0.1) is 17.6 Å². The van der Waals surface area contributed by atoms with Crippen molar-refractivity contribution in [3.05, 3.63) is 88.7 Å². The van der Waals surface area contributed by atoms with Crippen LogP contribution in [0.5, 0.6) is 5.75 Å². The summed E-state index contributed by atoms with van der Waals surface area (Å²) in [7, 11) is 0. The van der Waals surface area contributed by atoms with Crippen molar-refractivity contribution in [2.75, 3.05) is 18.1 Å². The molecule has 0 unspecified atom stereocenters. The molecule has 1 fully saturated rings. The number of aryl methyl sites for hydroxylation is 2. The van der Waals surface area contributed by atoms with Crippen LogP contribution in [0.4, 0.5) is 5.69 Å². The molecule has 1 aliphatic heterocycles. The van der Waals surface area contributed by atoms with Gasteiger partial charge in [-0.25, -0.2) is 4.98 Å². The summed E-state index contributed by atoms with van der Waals surface area (Å²) in [6.07, 6.45) is -0.374. The summed E-state index contributed by atoms with van der Waals surface area (Å²) >= 11 is 6.10. The van der Waals surface area contributed by atoms with Gasteiger partial charge in [-0.15, -0.1) is 0 Å². The van der Waals surface area contributed by atoms with Gasteiger partial charge in [0.2, 0.25) is 5.91 Å². The number of hydrogen-bond acceptors (Lipinski definition) is 4. The van der Waals surface area contributed by atoms with Gasteiger partial charge < -0.3 is 19.3 Å². The molecule has 0 saturated carbocycles. The van der Waals surface area contributed by atoms with E-state index in [4.69, 9.17) is 21.3 Å². The van der Waals surface area contributed by atoms with Gasteiger partial charge >= 0.3 is 0 Å². The second-order valence-corrected chi connectivity index (χ2v) is 9.60. The first-order valence-corrected chi connectivity index (χ1v) is 12.2. The Balaban J connectivity index is 1.37. The van der Waals surface area contributed by atoms with E-state index in [0.29, 0.717) is 30.3 Å². The Hall–Kier alpha value is -3.35. The van der Waals surface area contributed by atoms with Crippen LogP contribution in [0.1, 0.15) is 29.3 Å². The van der Waals surface area contributed by atoms with E-state index < -0.39 is 6.10 Å². The van der Waals surface area contributed by atoms with Crippen molar-refractivity contribution in [1.82, 2.24) is 9.55 Å². The highest BCUT2D eigenvalue weighted by molar-refractivity contribution is 6.31. The molecule has 1 N–H and O–H groups in total. The van der Waals surface area contributed by atoms with Crippen LogP contribution in [0, 0.1) is 13.8 Å². The Kier molecular flexibility index (Phi) is 6.50. The zero-order valence-corrected chi connectivity index (χ0v) is 20.6. The first-order valence-electron chi connectivity index (χ1n) is 11.8. The van der Waals surface area contributed by atoms with Crippen LogP contribution in [-0.2, 0) is 11.3 Å². The predicted octanol–water partition coefficient (Wildman–Crippen LogP) is 5.27. The predicted molar refractivity (Wildman–Crippen MR) is 138 cm³/mol. The lowest BCUT2D eigenvalue weighted by Gasteiger charge is -2.19. The molecule has 180 valence electrons. The van der Waals surface area contributed by atoms with E-state index in [1.54, 1.807) is 12.1 Å². The molecule has 0 aliphatic carbocycles. The fraction of sp³-hybridized carbons (Fsp3) is 0.286. The number of nitrogens with zero attached hydrogens (tertiary/aromatic N) is 3. The summed E-state index contributed by atoms with van der Waals surface area (Å²) in [5, 5.41) is 11.5. The lowest BCUT2D eigenvalue weighted by molar-refractivity contribution is -0.117. The summed E-state index contributed by atoms with van der Waals surface area (Å²) < 4.78 is 7.86. The third-order valence-corrected chi connectivity index (χ3v) is 6.88. The highest BCUT2D eigenvalue weighted by atomic mass is 35.5. The number of rotatable bonds is 7. The molecule has 1 saturated heterocycles. The van der Waals surface area contributed by atoms with Gasteiger partial charge in [0, 0.05) is 29.6 Å². The van der Waals surface area contributed by atoms with E-state index in [0.717, 1.165) is 33.7 Å². The number of hydrogen-bond donors (Lipinski definition) is 1. The molecular weight excluding hydrogens is 462 g/mol. The molecule has 1 aliphatic rings. The van der Waals surface area contributed by atoms with E-state index in [1.165, 1.54) is 0 Å². The molecule has 0 radical (unpaired) electrons. The normalized spacial score (nSPS) is 16.7. The number of carbonyl (C=O) groups is 1. The number of ether oxygens (including phenoxy) is 1. The summed E-state index contributed by atoms with van der Waals surface area (Å²) in [4.78, 5) is 19.7. The molecular formula is C28H28ClN3O3. The average Bonchev–Trinajstić information content (AvgIpc) is 3.40. The van der Waals surface area contributed by atoms with Gasteiger partial charge in [-0.3, -0.25) is 4.79 Å². The van der Waals surface area contributed by atoms with Gasteiger partial charge in [0.1, 0.15) is 24.3 Å². The number of aliphatic hydroxyl groups is 1. The molecule has 35 heavy (non-hydrogen) atoms. The van der Waals surface area contributed by atoms with Gasteiger partial charge in [-0.2, -0.15) is 0 Å². The van der Waals surface area contributed by atoms with Gasteiger partial charge in [-0.1, -0.05) is 35.9 Å². The maximum atomic E-state index is 12.9. The molecule has 1 amide bonds. The zero-order valence-electron chi connectivity index (χ0n) is 19.8. The SMILES string of the molecule is Cc1cccc(N2C[C@@H](c3nc4ccccc4n3C[C@H](O)COc3ccc(Cl)c(C)c3)CC2=O)c1. The van der Waals surface area contributed by atoms with Crippen LogP contribution in [0.25, 0.3) is 11.0 Å². The van der Waals surface area contributed by atoms with Crippen LogP contribution in [0.3, 0.4) is 0 Å². The Bertz CT molecular complexity index is 1380. The number of para-hydroxylation sites is 2. The highest BCUT2D eigenvalue weighted by Crippen LogP contribution is 2.33. The summed E-state index contributed by atoms with van der Waals surface area (Å²) in [5.74, 6) is 1.50. The van der Waals surface area contributed by atoms with Crippen molar-refractivity contribution in [2.24, 2.45) is 0 Å². The molecule has 1 aromatic heterocycles. The average molecular weight is 490 g/mol. The number of imidazole rings is 1. The van der Waals surface area contributed by atoms with Crippen molar-refractivity contribution in [3.8, 4) is 5.75 Å². The van der Waals surface area contributed by atoms with E-state index >= 15 is 0 Å². The number of anilines is 1. The van der Waals surface area contributed by atoms with Crippen LogP contribution in [0.2, 0.25) is 5.02 Å². The number of carbonyl (C=O) groups excluding carboxylic acids is 1. The van der Waals surface area contributed by atoms with Gasteiger partial charge in [0.25, 0.3) is 0 Å². The number of fused-ring (bicyclic) bond motifs is 1. The molecule has 4 aromatic rings. The maximum Gasteiger partial charge on any atom is 0.227 e. The Morgan fingerprint density at radius 1 is 1.11 bits per heavy atom. The minimum absolute atomic E-state index is 0.0672. The van der Waals surface area contributed by atoms with Crippen molar-refractivity contribution in [3.63, 3.8) is 0 Å². The number of halogens is 1.